The molecule has 0 saturated carbocycles. The minimum atomic E-state index is 0.0833. The predicted molar refractivity (Wildman–Crippen MR) is 70.7 cm³/mol. The predicted octanol–water partition coefficient (Wildman–Crippen LogP) is 1.80. The molecule has 0 fully saturated rings. The zero-order valence-electron chi connectivity index (χ0n) is 9.93. The van der Waals surface area contributed by atoms with E-state index in [1.807, 2.05) is 38.2 Å². The second kappa shape index (κ2) is 5.82. The fourth-order valence-corrected chi connectivity index (χ4v) is 1.64. The smallest absolute Gasteiger partial charge is 0.123 e. The Balaban J connectivity index is 2.76. The lowest BCUT2D eigenvalue weighted by Crippen LogP contribution is -2.38. The normalized spacial score (nSPS) is 12.5. The number of hydrogen-bond acceptors (Lipinski definition) is 3. The molecule has 88 valence electrons. The minimum absolute atomic E-state index is 0.0833. The lowest BCUT2D eigenvalue weighted by atomic mass is 10.1. The van der Waals surface area contributed by atoms with Crippen LogP contribution in [0.5, 0.6) is 5.75 Å². The summed E-state index contributed by atoms with van der Waals surface area (Å²) in [6.07, 6.45) is 0. The number of thiocarbonyl (C=S) groups is 1. The fourth-order valence-electron chi connectivity index (χ4n) is 1.46. The Morgan fingerprint density at radius 2 is 2.12 bits per heavy atom. The topological polar surface area (TPSA) is 38.5 Å². The van der Waals surface area contributed by atoms with Gasteiger partial charge in [-0.05, 0) is 20.0 Å². The van der Waals surface area contributed by atoms with Crippen LogP contribution < -0.4 is 10.5 Å². The molecule has 1 unspecified atom stereocenters. The molecule has 0 aromatic heterocycles. The zero-order valence-corrected chi connectivity index (χ0v) is 10.8. The highest BCUT2D eigenvalue weighted by atomic mass is 32.1. The van der Waals surface area contributed by atoms with Crippen LogP contribution >= 0.6 is 12.2 Å². The minimum Gasteiger partial charge on any atom is -0.496 e. The highest BCUT2D eigenvalue weighted by Gasteiger charge is 2.13. The van der Waals surface area contributed by atoms with Crippen LogP contribution in [0.1, 0.15) is 12.5 Å². The number of nitrogens with two attached hydrogens (primary N) is 1. The van der Waals surface area contributed by atoms with Gasteiger partial charge in [-0.2, -0.15) is 0 Å². The van der Waals surface area contributed by atoms with Crippen molar-refractivity contribution < 1.29 is 4.74 Å². The number of nitrogens with zero attached hydrogens (tertiary/aromatic N) is 1. The summed E-state index contributed by atoms with van der Waals surface area (Å²) in [5.74, 6) is 0.893. The van der Waals surface area contributed by atoms with Gasteiger partial charge in [0.1, 0.15) is 5.75 Å². The van der Waals surface area contributed by atoms with E-state index in [9.17, 15) is 0 Å². The molecule has 0 spiro atoms. The molecule has 0 aliphatic rings. The van der Waals surface area contributed by atoms with Crippen LogP contribution in [0.3, 0.4) is 0 Å². The third kappa shape index (κ3) is 3.18. The average Bonchev–Trinajstić information content (AvgIpc) is 2.28. The van der Waals surface area contributed by atoms with Crippen molar-refractivity contribution in [2.75, 3.05) is 14.2 Å². The monoisotopic (exact) mass is 238 g/mol. The van der Waals surface area contributed by atoms with Crippen molar-refractivity contribution in [1.82, 2.24) is 4.90 Å². The Morgan fingerprint density at radius 1 is 1.50 bits per heavy atom. The number of methoxy groups -OCH3 is 1. The van der Waals surface area contributed by atoms with Crippen molar-refractivity contribution in [3.05, 3.63) is 29.8 Å². The van der Waals surface area contributed by atoms with Crippen LogP contribution in [0.2, 0.25) is 0 Å². The Kier molecular flexibility index (Phi) is 4.71. The van der Waals surface area contributed by atoms with E-state index in [-0.39, 0.29) is 6.04 Å². The van der Waals surface area contributed by atoms with E-state index >= 15 is 0 Å². The van der Waals surface area contributed by atoms with Gasteiger partial charge in [0.2, 0.25) is 0 Å². The van der Waals surface area contributed by atoms with Gasteiger partial charge in [-0.1, -0.05) is 30.4 Å². The molecular weight excluding hydrogens is 220 g/mol. The molecule has 0 heterocycles. The first-order valence-corrected chi connectivity index (χ1v) is 5.58. The zero-order chi connectivity index (χ0) is 12.1. The van der Waals surface area contributed by atoms with E-state index in [2.05, 4.69) is 4.90 Å². The lowest BCUT2D eigenvalue weighted by molar-refractivity contribution is 0.297. The van der Waals surface area contributed by atoms with Crippen LogP contribution in [-0.4, -0.2) is 30.1 Å². The van der Waals surface area contributed by atoms with Gasteiger partial charge < -0.3 is 10.5 Å². The molecule has 2 N–H and O–H groups in total. The Morgan fingerprint density at radius 3 is 2.69 bits per heavy atom. The first kappa shape index (κ1) is 12.9. The summed E-state index contributed by atoms with van der Waals surface area (Å²) in [6, 6.07) is 8.03. The van der Waals surface area contributed by atoms with Gasteiger partial charge in [-0.25, -0.2) is 0 Å². The fraction of sp³-hybridized carbons (Fsp3) is 0.417. The second-order valence-electron chi connectivity index (χ2n) is 3.81. The van der Waals surface area contributed by atoms with Crippen LogP contribution in [-0.2, 0) is 6.54 Å². The number of rotatable bonds is 5. The molecule has 0 aliphatic carbocycles. The van der Waals surface area contributed by atoms with Gasteiger partial charge in [0, 0.05) is 12.1 Å². The number of benzene rings is 1. The highest BCUT2D eigenvalue weighted by Crippen LogP contribution is 2.19. The Labute approximate surface area is 102 Å². The van der Waals surface area contributed by atoms with Crippen molar-refractivity contribution in [3.63, 3.8) is 0 Å². The molecule has 1 aromatic carbocycles. The van der Waals surface area contributed by atoms with E-state index in [4.69, 9.17) is 22.7 Å². The van der Waals surface area contributed by atoms with Gasteiger partial charge in [0.15, 0.2) is 0 Å². The first-order valence-electron chi connectivity index (χ1n) is 5.17. The molecule has 4 heteroatoms. The summed E-state index contributed by atoms with van der Waals surface area (Å²) in [5, 5.41) is 0. The molecule has 1 aromatic rings. The van der Waals surface area contributed by atoms with Crippen LogP contribution in [0, 0.1) is 0 Å². The Bertz CT molecular complexity index is 368. The summed E-state index contributed by atoms with van der Waals surface area (Å²) in [7, 11) is 3.67. The van der Waals surface area contributed by atoms with Gasteiger partial charge in [0.25, 0.3) is 0 Å². The van der Waals surface area contributed by atoms with Gasteiger partial charge in [-0.3, -0.25) is 4.90 Å². The number of para-hydroxylation sites is 1. The SMILES string of the molecule is COc1ccccc1CN(C)C(C)C(N)=S. The summed E-state index contributed by atoms with van der Waals surface area (Å²) >= 11 is 4.98. The quantitative estimate of drug-likeness (QED) is 0.794. The van der Waals surface area contributed by atoms with Crippen LogP contribution in [0.4, 0.5) is 0 Å². The van der Waals surface area contributed by atoms with Crippen molar-refractivity contribution >= 4 is 17.2 Å². The number of hydrogen-bond donors (Lipinski definition) is 1. The molecule has 0 aliphatic heterocycles. The van der Waals surface area contributed by atoms with Gasteiger partial charge in [0.05, 0.1) is 18.1 Å². The van der Waals surface area contributed by atoms with E-state index in [0.29, 0.717) is 4.99 Å². The molecule has 0 amide bonds. The largest absolute Gasteiger partial charge is 0.496 e. The van der Waals surface area contributed by atoms with Crippen LogP contribution in [0.15, 0.2) is 24.3 Å². The number of ether oxygens (including phenoxy) is 1. The van der Waals surface area contributed by atoms with E-state index in [1.54, 1.807) is 7.11 Å². The maximum absolute atomic E-state index is 5.62. The molecule has 1 rings (SSSR count). The first-order chi connectivity index (χ1) is 7.56. The van der Waals surface area contributed by atoms with Crippen molar-refractivity contribution in [2.45, 2.75) is 19.5 Å². The molecule has 16 heavy (non-hydrogen) atoms. The summed E-state index contributed by atoms with van der Waals surface area (Å²) in [4.78, 5) is 2.61. The second-order valence-corrected chi connectivity index (χ2v) is 4.28. The van der Waals surface area contributed by atoms with Crippen molar-refractivity contribution in [2.24, 2.45) is 5.73 Å². The summed E-state index contributed by atoms with van der Waals surface area (Å²) in [6.45, 7) is 2.76. The third-order valence-electron chi connectivity index (χ3n) is 2.69. The summed E-state index contributed by atoms with van der Waals surface area (Å²) < 4.78 is 5.30. The van der Waals surface area contributed by atoms with E-state index in [1.165, 1.54) is 0 Å². The molecule has 0 radical (unpaired) electrons. The maximum atomic E-state index is 5.62. The third-order valence-corrected chi connectivity index (χ3v) is 3.03. The molecule has 3 nitrogen and oxygen atoms in total. The molecule has 0 saturated heterocycles. The van der Waals surface area contributed by atoms with Crippen LogP contribution in [0.25, 0.3) is 0 Å². The maximum Gasteiger partial charge on any atom is 0.123 e. The van der Waals surface area contributed by atoms with E-state index < -0.39 is 0 Å². The summed E-state index contributed by atoms with van der Waals surface area (Å²) in [5.41, 5.74) is 6.75. The van der Waals surface area contributed by atoms with Crippen molar-refractivity contribution in [1.29, 1.82) is 0 Å². The molecular formula is C12H18N2OS. The standard InChI is InChI=1S/C12H18N2OS/c1-9(12(13)16)14(2)8-10-6-4-5-7-11(10)15-3/h4-7,9H,8H2,1-3H3,(H2,13,16). The van der Waals surface area contributed by atoms with E-state index in [0.717, 1.165) is 17.9 Å². The molecule has 0 bridgehead atoms. The van der Waals surface area contributed by atoms with Gasteiger partial charge in [-0.15, -0.1) is 0 Å². The highest BCUT2D eigenvalue weighted by molar-refractivity contribution is 7.80. The molecule has 1 atom stereocenters. The Hall–Kier alpha value is -1.13. The van der Waals surface area contributed by atoms with Gasteiger partial charge >= 0.3 is 0 Å². The number of likely N-dealkylation sites (N-methyl/N-ethyl adjacent to an activating group) is 1. The van der Waals surface area contributed by atoms with Crippen molar-refractivity contribution in [3.8, 4) is 5.75 Å². The average molecular weight is 238 g/mol. The lowest BCUT2D eigenvalue weighted by Gasteiger charge is -2.24.